The van der Waals surface area contributed by atoms with Crippen LogP contribution >= 0.6 is 12.2 Å². The van der Waals surface area contributed by atoms with E-state index in [0.717, 1.165) is 27.5 Å². The molecule has 0 unspecified atom stereocenters. The zero-order valence-electron chi connectivity index (χ0n) is 12.2. The van der Waals surface area contributed by atoms with E-state index in [0.29, 0.717) is 18.3 Å². The van der Waals surface area contributed by atoms with Crippen LogP contribution in [0.1, 0.15) is 0 Å². The maximum atomic E-state index is 5.32. The van der Waals surface area contributed by atoms with Crippen molar-refractivity contribution in [2.24, 2.45) is 0 Å². The summed E-state index contributed by atoms with van der Waals surface area (Å²) in [5.74, 6) is 0. The van der Waals surface area contributed by atoms with Gasteiger partial charge in [0.2, 0.25) is 0 Å². The van der Waals surface area contributed by atoms with Crippen LogP contribution in [-0.2, 0) is 4.74 Å². The average molecular weight is 312 g/mol. The summed E-state index contributed by atoms with van der Waals surface area (Å²) in [5.41, 5.74) is 2.67. The number of ether oxygens (including phenoxy) is 1. The summed E-state index contributed by atoms with van der Waals surface area (Å²) in [7, 11) is 1.66. The fraction of sp³-hybridized carbons (Fsp3) is 0.188. The molecule has 3 aromatic rings. The van der Waals surface area contributed by atoms with Gasteiger partial charge in [-0.3, -0.25) is 9.97 Å². The van der Waals surface area contributed by atoms with Crippen molar-refractivity contribution in [3.05, 3.63) is 42.7 Å². The molecule has 0 aliphatic heterocycles. The SMILES string of the molecule is COCCNC(=S)Nc1cc2cccnc2c2ncccc12. The summed E-state index contributed by atoms with van der Waals surface area (Å²) in [5, 5.41) is 8.91. The Hall–Kier alpha value is -2.31. The largest absolute Gasteiger partial charge is 0.383 e. The van der Waals surface area contributed by atoms with E-state index in [4.69, 9.17) is 17.0 Å². The molecule has 0 radical (unpaired) electrons. The number of pyridine rings is 2. The highest BCUT2D eigenvalue weighted by atomic mass is 32.1. The molecule has 1 aromatic carbocycles. The van der Waals surface area contributed by atoms with E-state index in [-0.39, 0.29) is 0 Å². The molecule has 2 aromatic heterocycles. The van der Waals surface area contributed by atoms with Crippen LogP contribution in [0.25, 0.3) is 21.8 Å². The van der Waals surface area contributed by atoms with E-state index in [1.54, 1.807) is 19.5 Å². The minimum Gasteiger partial charge on any atom is -0.383 e. The maximum Gasteiger partial charge on any atom is 0.170 e. The van der Waals surface area contributed by atoms with Crippen molar-refractivity contribution in [3.8, 4) is 0 Å². The topological polar surface area (TPSA) is 59.1 Å². The van der Waals surface area contributed by atoms with Crippen LogP contribution in [0, 0.1) is 0 Å². The molecule has 2 N–H and O–H groups in total. The van der Waals surface area contributed by atoms with Gasteiger partial charge >= 0.3 is 0 Å². The summed E-state index contributed by atoms with van der Waals surface area (Å²) in [6.45, 7) is 1.26. The van der Waals surface area contributed by atoms with Gasteiger partial charge in [-0.25, -0.2) is 0 Å². The number of benzene rings is 1. The van der Waals surface area contributed by atoms with E-state index in [9.17, 15) is 0 Å². The van der Waals surface area contributed by atoms with Gasteiger partial charge in [0.25, 0.3) is 0 Å². The number of anilines is 1. The molecule has 0 amide bonds. The normalized spacial score (nSPS) is 10.8. The van der Waals surface area contributed by atoms with Gasteiger partial charge in [0.05, 0.1) is 23.3 Å². The van der Waals surface area contributed by atoms with Crippen molar-refractivity contribution in [1.29, 1.82) is 0 Å². The molecule has 0 saturated heterocycles. The van der Waals surface area contributed by atoms with E-state index in [2.05, 4.69) is 20.6 Å². The molecule has 0 saturated carbocycles. The lowest BCUT2D eigenvalue weighted by Crippen LogP contribution is -2.31. The fourth-order valence-electron chi connectivity index (χ4n) is 2.31. The monoisotopic (exact) mass is 312 g/mol. The molecule has 0 fully saturated rings. The standard InChI is InChI=1S/C16H16N4OS/c1-21-9-8-19-16(22)20-13-10-11-4-2-6-17-14(11)15-12(13)5-3-7-18-15/h2-7,10H,8-9H2,1H3,(H2,19,20,22). The van der Waals surface area contributed by atoms with Gasteiger partial charge in [-0.1, -0.05) is 6.07 Å². The molecule has 6 heteroatoms. The smallest absolute Gasteiger partial charge is 0.170 e. The second-order valence-electron chi connectivity index (χ2n) is 4.77. The molecular formula is C16H16N4OS. The number of nitrogens with zero attached hydrogens (tertiary/aromatic N) is 2. The molecule has 3 rings (SSSR count). The molecule has 0 aliphatic rings. The quantitative estimate of drug-likeness (QED) is 0.439. The number of rotatable bonds is 4. The molecule has 2 heterocycles. The third-order valence-electron chi connectivity index (χ3n) is 3.30. The van der Waals surface area contributed by atoms with Gasteiger partial charge in [0, 0.05) is 36.8 Å². The summed E-state index contributed by atoms with van der Waals surface area (Å²) in [6.07, 6.45) is 3.55. The molecule has 0 aliphatic carbocycles. The zero-order chi connectivity index (χ0) is 15.4. The van der Waals surface area contributed by atoms with Gasteiger partial charge in [0.1, 0.15) is 0 Å². The number of thiocarbonyl (C=S) groups is 1. The van der Waals surface area contributed by atoms with Crippen LogP contribution in [0.2, 0.25) is 0 Å². The summed E-state index contributed by atoms with van der Waals surface area (Å²) in [4.78, 5) is 8.90. The number of nitrogens with one attached hydrogen (secondary N) is 2. The highest BCUT2D eigenvalue weighted by Gasteiger charge is 2.09. The van der Waals surface area contributed by atoms with Crippen molar-refractivity contribution in [2.75, 3.05) is 25.6 Å². The molecule has 0 bridgehead atoms. The van der Waals surface area contributed by atoms with Gasteiger partial charge in [-0.2, -0.15) is 0 Å². The first kappa shape index (κ1) is 14.6. The van der Waals surface area contributed by atoms with E-state index in [1.165, 1.54) is 0 Å². The third kappa shape index (κ3) is 2.98. The van der Waals surface area contributed by atoms with Gasteiger partial charge in [-0.05, 0) is 36.5 Å². The summed E-state index contributed by atoms with van der Waals surface area (Å²) in [6, 6.07) is 9.88. The second kappa shape index (κ2) is 6.64. The summed E-state index contributed by atoms with van der Waals surface area (Å²) >= 11 is 5.32. The van der Waals surface area contributed by atoms with Crippen LogP contribution in [0.15, 0.2) is 42.7 Å². The predicted octanol–water partition coefficient (Wildman–Crippen LogP) is 2.72. The lowest BCUT2D eigenvalue weighted by atomic mass is 10.1. The third-order valence-corrected chi connectivity index (χ3v) is 3.55. The number of hydrogen-bond donors (Lipinski definition) is 2. The minimum absolute atomic E-state index is 0.561. The Morgan fingerprint density at radius 3 is 2.77 bits per heavy atom. The first-order valence-electron chi connectivity index (χ1n) is 6.96. The highest BCUT2D eigenvalue weighted by molar-refractivity contribution is 7.80. The van der Waals surface area contributed by atoms with Crippen molar-refractivity contribution in [3.63, 3.8) is 0 Å². The molecule has 0 atom stereocenters. The number of fused-ring (bicyclic) bond motifs is 3. The van der Waals surface area contributed by atoms with Crippen LogP contribution in [0.3, 0.4) is 0 Å². The second-order valence-corrected chi connectivity index (χ2v) is 5.18. The van der Waals surface area contributed by atoms with Crippen LogP contribution < -0.4 is 10.6 Å². The lowest BCUT2D eigenvalue weighted by Gasteiger charge is -2.13. The maximum absolute atomic E-state index is 5.32. The van der Waals surface area contributed by atoms with Crippen LogP contribution in [-0.4, -0.2) is 35.3 Å². The number of methoxy groups -OCH3 is 1. The molecule has 22 heavy (non-hydrogen) atoms. The first-order chi connectivity index (χ1) is 10.8. The number of hydrogen-bond acceptors (Lipinski definition) is 4. The molecular weight excluding hydrogens is 296 g/mol. The van der Waals surface area contributed by atoms with Crippen molar-refractivity contribution in [1.82, 2.24) is 15.3 Å². The van der Waals surface area contributed by atoms with Gasteiger partial charge in [0.15, 0.2) is 5.11 Å². The minimum atomic E-state index is 0.561. The Morgan fingerprint density at radius 1 is 1.18 bits per heavy atom. The first-order valence-corrected chi connectivity index (χ1v) is 7.36. The van der Waals surface area contributed by atoms with E-state index >= 15 is 0 Å². The molecule has 5 nitrogen and oxygen atoms in total. The lowest BCUT2D eigenvalue weighted by molar-refractivity contribution is 0.204. The molecule has 0 spiro atoms. The van der Waals surface area contributed by atoms with Crippen LogP contribution in [0.4, 0.5) is 5.69 Å². The van der Waals surface area contributed by atoms with Gasteiger partial charge < -0.3 is 15.4 Å². The van der Waals surface area contributed by atoms with Crippen molar-refractivity contribution in [2.45, 2.75) is 0 Å². The Morgan fingerprint density at radius 2 is 1.95 bits per heavy atom. The Labute approximate surface area is 133 Å². The number of aromatic nitrogens is 2. The Kier molecular flexibility index (Phi) is 4.41. The average Bonchev–Trinajstić information content (AvgIpc) is 2.55. The summed E-state index contributed by atoms with van der Waals surface area (Å²) < 4.78 is 5.00. The van der Waals surface area contributed by atoms with Gasteiger partial charge in [-0.15, -0.1) is 0 Å². The molecule has 112 valence electrons. The van der Waals surface area contributed by atoms with Crippen molar-refractivity contribution >= 4 is 44.8 Å². The van der Waals surface area contributed by atoms with Crippen molar-refractivity contribution < 1.29 is 4.74 Å². The fourth-order valence-corrected chi connectivity index (χ4v) is 2.53. The Balaban J connectivity index is 1.99. The predicted molar refractivity (Wildman–Crippen MR) is 93.1 cm³/mol. The van der Waals surface area contributed by atoms with Crippen LogP contribution in [0.5, 0.6) is 0 Å². The van der Waals surface area contributed by atoms with E-state index in [1.807, 2.05) is 30.3 Å². The highest BCUT2D eigenvalue weighted by Crippen LogP contribution is 2.29. The van der Waals surface area contributed by atoms with E-state index < -0.39 is 0 Å². The zero-order valence-corrected chi connectivity index (χ0v) is 13.0. The Bertz CT molecular complexity index is 821.